The Balaban J connectivity index is 3.31. The Bertz CT molecular complexity index is 305. The molecule has 0 unspecified atom stereocenters. The first-order chi connectivity index (χ1) is 6.12. The van der Waals surface area contributed by atoms with Crippen LogP contribution in [-0.4, -0.2) is 9.55 Å². The summed E-state index contributed by atoms with van der Waals surface area (Å²) in [5.74, 6) is -0.440. The minimum Gasteiger partial charge on any atom is -0.337 e. The molecule has 0 N–H and O–H groups in total. The highest BCUT2D eigenvalue weighted by Crippen LogP contribution is 2.05. The number of aromatic nitrogens is 2. The van der Waals surface area contributed by atoms with E-state index >= 15 is 0 Å². The van der Waals surface area contributed by atoms with Crippen LogP contribution in [0.25, 0.3) is 0 Å². The summed E-state index contributed by atoms with van der Waals surface area (Å²) in [5.41, 5.74) is 0. The number of hydrogen-bond donors (Lipinski definition) is 0. The molecule has 1 rings (SSSR count). The van der Waals surface area contributed by atoms with Crippen LogP contribution < -0.4 is 0 Å². The zero-order valence-corrected chi connectivity index (χ0v) is 5.44. The molecule has 0 saturated carbocycles. The van der Waals surface area contributed by atoms with Crippen LogP contribution in [0.4, 0.5) is 0 Å². The maximum Gasteiger partial charge on any atom is 0.124 e. The third-order valence-corrected chi connectivity index (χ3v) is 1.06. The molecule has 0 amide bonds. The molecule has 0 aromatic carbocycles. The fourth-order valence-corrected chi connectivity index (χ4v) is 0.724. The van der Waals surface area contributed by atoms with Gasteiger partial charge >= 0.3 is 0 Å². The van der Waals surface area contributed by atoms with Crippen LogP contribution in [0.3, 0.4) is 0 Å². The van der Waals surface area contributed by atoms with Crippen molar-refractivity contribution in [3.05, 3.63) is 16.6 Å². The average Bonchev–Trinajstić information content (AvgIpc) is 2.27. The van der Waals surface area contributed by atoms with E-state index in [9.17, 15) is 0 Å². The van der Waals surface area contributed by atoms with Crippen molar-refractivity contribution < 1.29 is 8.22 Å². The van der Waals surface area contributed by atoms with Crippen LogP contribution in [0.2, 0.25) is 0 Å². The molecule has 0 radical (unpaired) electrons. The number of hydrogen-bond acceptors (Lipinski definition) is 1. The summed E-state index contributed by atoms with van der Waals surface area (Å²) < 4.78 is 43.4. The second-order valence-electron chi connectivity index (χ2n) is 1.26. The van der Waals surface area contributed by atoms with Crippen LogP contribution in [0, 0.1) is 6.85 Å². The van der Waals surface area contributed by atoms with Crippen LogP contribution in [0.5, 0.6) is 0 Å². The molecule has 0 aliphatic rings. The molecule has 3 heteroatoms. The lowest BCUT2D eigenvalue weighted by Gasteiger charge is -1.87. The van der Waals surface area contributed by atoms with E-state index in [0.29, 0.717) is 4.57 Å². The van der Waals surface area contributed by atoms with Crippen molar-refractivity contribution in [3.8, 4) is 0 Å². The summed E-state index contributed by atoms with van der Waals surface area (Å²) >= 11 is 2.94. The fourth-order valence-electron chi connectivity index (χ4n) is 0.352. The van der Waals surface area contributed by atoms with Crippen molar-refractivity contribution in [2.45, 2.75) is 6.85 Å². The highest BCUT2D eigenvalue weighted by molar-refractivity contribution is 9.10. The Morgan fingerprint density at radius 3 is 3.38 bits per heavy atom. The quantitative estimate of drug-likeness (QED) is 0.592. The van der Waals surface area contributed by atoms with Gasteiger partial charge in [0.25, 0.3) is 0 Å². The van der Waals surface area contributed by atoms with Crippen LogP contribution in [0.1, 0.15) is 14.0 Å². The molecular weight excluding hydrogens is 168 g/mol. The Hall–Kier alpha value is -0.310. The zero-order valence-electron chi connectivity index (χ0n) is 9.85. The Morgan fingerprint density at radius 1 is 2.00 bits per heavy atom. The number of halogens is 1. The lowest BCUT2D eigenvalue weighted by Crippen LogP contribution is -1.86. The average molecular weight is 181 g/mol. The van der Waals surface area contributed by atoms with Crippen LogP contribution in [0.15, 0.2) is 10.8 Å². The summed E-state index contributed by atoms with van der Waals surface area (Å²) in [6.07, 6.45) is 1.13. The second kappa shape index (κ2) is 1.90. The molecule has 0 aliphatic carbocycles. The molecule has 0 spiro atoms. The second-order valence-corrected chi connectivity index (χ2v) is 2.07. The smallest absolute Gasteiger partial charge is 0.124 e. The molecule has 0 aliphatic heterocycles. The number of rotatable bonds is 0. The molecule has 2 nitrogen and oxygen atoms in total. The number of aryl methyl sites for hydroxylation is 2. The monoisotopic (exact) mass is 180 g/mol. The predicted octanol–water partition coefficient (Wildman–Crippen LogP) is 1.49. The summed E-state index contributed by atoms with van der Waals surface area (Å²) in [6.45, 7) is -5.05. The van der Waals surface area contributed by atoms with Crippen molar-refractivity contribution in [1.29, 1.82) is 0 Å². The molecule has 8 heavy (non-hydrogen) atoms. The molecule has 0 atom stereocenters. The van der Waals surface area contributed by atoms with Crippen LogP contribution in [-0.2, 0) is 6.98 Å². The Kier molecular flexibility index (Phi) is 0.435. The third kappa shape index (κ3) is 0.916. The van der Waals surface area contributed by atoms with Gasteiger partial charge in [-0.25, -0.2) is 4.98 Å². The van der Waals surface area contributed by atoms with Gasteiger partial charge in [-0.15, -0.1) is 0 Å². The van der Waals surface area contributed by atoms with Gasteiger partial charge in [-0.3, -0.25) is 0 Å². The minimum atomic E-state index is -2.53. The van der Waals surface area contributed by atoms with Gasteiger partial charge < -0.3 is 4.57 Å². The number of nitrogens with zero attached hydrogens (tertiary/aromatic N) is 2. The Labute approximate surface area is 65.1 Å². The summed E-state index contributed by atoms with van der Waals surface area (Å²) in [6, 6.07) is 0. The van der Waals surface area contributed by atoms with Crippen molar-refractivity contribution in [2.24, 2.45) is 6.98 Å². The van der Waals surface area contributed by atoms with Gasteiger partial charge in [0.2, 0.25) is 0 Å². The third-order valence-electron chi connectivity index (χ3n) is 0.677. The molecule has 1 heterocycles. The SMILES string of the molecule is [2H]C([2H])([2H])c1nc(Br)cn1C([2H])([2H])[2H]. The summed E-state index contributed by atoms with van der Waals surface area (Å²) in [5, 5.41) is 0. The first-order valence-electron chi connectivity index (χ1n) is 4.88. The van der Waals surface area contributed by atoms with E-state index in [0.717, 1.165) is 6.20 Å². The Morgan fingerprint density at radius 2 is 2.88 bits per heavy atom. The normalized spacial score (nSPS) is 24.1. The summed E-state index contributed by atoms with van der Waals surface area (Å²) in [7, 11) is 0. The molecule has 0 bridgehead atoms. The molecular formula is C5H7BrN2. The lowest BCUT2D eigenvalue weighted by molar-refractivity contribution is 0.858. The van der Waals surface area contributed by atoms with Gasteiger partial charge in [-0.05, 0) is 22.8 Å². The summed E-state index contributed by atoms with van der Waals surface area (Å²) in [4.78, 5) is 3.61. The largest absolute Gasteiger partial charge is 0.337 e. The maximum absolute atomic E-state index is 7.09. The standard InChI is InChI=1S/C5H7BrN2/c1-4-7-5(6)3-8(4)2/h3H,1-2H3/i1D3,2D3. The molecule has 1 aromatic heterocycles. The van der Waals surface area contributed by atoms with Crippen molar-refractivity contribution >= 4 is 15.9 Å². The van der Waals surface area contributed by atoms with E-state index in [-0.39, 0.29) is 4.60 Å². The van der Waals surface area contributed by atoms with Gasteiger partial charge in [-0.2, -0.15) is 0 Å². The van der Waals surface area contributed by atoms with Gasteiger partial charge in [0.1, 0.15) is 10.4 Å². The molecule has 0 saturated heterocycles. The van der Waals surface area contributed by atoms with E-state index < -0.39 is 19.7 Å². The van der Waals surface area contributed by atoms with Crippen molar-refractivity contribution in [3.63, 3.8) is 0 Å². The lowest BCUT2D eigenvalue weighted by atomic mass is 10.7. The van der Waals surface area contributed by atoms with Crippen molar-refractivity contribution in [1.82, 2.24) is 9.55 Å². The zero-order chi connectivity index (χ0) is 11.1. The molecule has 1 aromatic rings. The minimum absolute atomic E-state index is 0.194. The first-order valence-corrected chi connectivity index (χ1v) is 2.67. The van der Waals surface area contributed by atoms with Crippen molar-refractivity contribution in [2.75, 3.05) is 0 Å². The van der Waals surface area contributed by atoms with E-state index in [1.807, 2.05) is 0 Å². The predicted molar refractivity (Wildman–Crippen MR) is 35.6 cm³/mol. The van der Waals surface area contributed by atoms with Gasteiger partial charge in [-0.1, -0.05) is 0 Å². The van der Waals surface area contributed by atoms with Gasteiger partial charge in [0, 0.05) is 21.4 Å². The highest BCUT2D eigenvalue weighted by atomic mass is 79.9. The molecule has 0 fully saturated rings. The maximum atomic E-state index is 7.09. The van der Waals surface area contributed by atoms with Gasteiger partial charge in [0.05, 0.1) is 0 Å². The molecule has 44 valence electrons. The van der Waals surface area contributed by atoms with E-state index in [1.165, 1.54) is 0 Å². The fraction of sp³-hybridized carbons (Fsp3) is 0.400. The highest BCUT2D eigenvalue weighted by Gasteiger charge is 1.93. The number of imidazole rings is 1. The first kappa shape index (κ1) is 1.84. The van der Waals surface area contributed by atoms with Gasteiger partial charge in [0.15, 0.2) is 0 Å². The van der Waals surface area contributed by atoms with Crippen LogP contribution >= 0.6 is 15.9 Å². The van der Waals surface area contributed by atoms with E-state index in [2.05, 4.69) is 20.9 Å². The van der Waals surface area contributed by atoms with E-state index in [1.54, 1.807) is 0 Å². The topological polar surface area (TPSA) is 17.8 Å². The van der Waals surface area contributed by atoms with E-state index in [4.69, 9.17) is 8.22 Å².